The molecule has 1 atom stereocenters. The van der Waals surface area contributed by atoms with E-state index in [-0.39, 0.29) is 0 Å². The van der Waals surface area contributed by atoms with Crippen molar-refractivity contribution >= 4 is 0 Å². The van der Waals surface area contributed by atoms with E-state index in [1.807, 2.05) is 0 Å². The Kier molecular flexibility index (Phi) is 2.67. The first-order valence-electron chi connectivity index (χ1n) is 6.39. The molecule has 0 amide bonds. The van der Waals surface area contributed by atoms with Crippen LogP contribution in [0.5, 0.6) is 0 Å². The van der Waals surface area contributed by atoms with Gasteiger partial charge in [-0.1, -0.05) is 24.9 Å². The second-order valence-electron chi connectivity index (χ2n) is 5.18. The van der Waals surface area contributed by atoms with Crippen molar-refractivity contribution in [2.75, 3.05) is 13.1 Å². The molecule has 1 saturated heterocycles. The van der Waals surface area contributed by atoms with E-state index in [4.69, 9.17) is 4.52 Å². The minimum atomic E-state index is 0.406. The molecule has 0 bridgehead atoms. The molecule has 4 heteroatoms. The van der Waals surface area contributed by atoms with Gasteiger partial charge in [-0.15, -0.1) is 0 Å². The summed E-state index contributed by atoms with van der Waals surface area (Å²) in [6, 6.07) is 0. The maximum absolute atomic E-state index is 5.41. The molecule has 1 saturated carbocycles. The molecule has 16 heavy (non-hydrogen) atoms. The van der Waals surface area contributed by atoms with Crippen molar-refractivity contribution in [1.82, 2.24) is 15.5 Å². The Hall–Kier alpha value is -0.900. The molecule has 1 aliphatic heterocycles. The van der Waals surface area contributed by atoms with Crippen LogP contribution in [-0.4, -0.2) is 23.2 Å². The van der Waals surface area contributed by atoms with Gasteiger partial charge < -0.3 is 9.84 Å². The lowest BCUT2D eigenvalue weighted by Gasteiger charge is -2.30. The monoisotopic (exact) mass is 221 g/mol. The maximum atomic E-state index is 5.41. The van der Waals surface area contributed by atoms with E-state index in [0.717, 1.165) is 24.8 Å². The van der Waals surface area contributed by atoms with Crippen LogP contribution >= 0.6 is 0 Å². The lowest BCUT2D eigenvalue weighted by Crippen LogP contribution is -2.44. The van der Waals surface area contributed by atoms with Gasteiger partial charge in [0.2, 0.25) is 5.89 Å². The maximum Gasteiger partial charge on any atom is 0.229 e. The number of rotatable bonds is 3. The number of hydrogen-bond donors (Lipinski definition) is 1. The van der Waals surface area contributed by atoms with Crippen LogP contribution in [-0.2, 0) is 0 Å². The first kappa shape index (κ1) is 10.3. The molecular weight excluding hydrogens is 202 g/mol. The molecule has 3 rings (SSSR count). The number of nitrogens with zero attached hydrogens (tertiary/aromatic N) is 2. The van der Waals surface area contributed by atoms with Crippen LogP contribution < -0.4 is 5.32 Å². The van der Waals surface area contributed by atoms with Crippen molar-refractivity contribution in [2.45, 2.75) is 44.4 Å². The van der Waals surface area contributed by atoms with Crippen molar-refractivity contribution in [3.05, 3.63) is 11.7 Å². The van der Waals surface area contributed by atoms with Crippen LogP contribution in [0, 0.1) is 5.92 Å². The third-order valence-corrected chi connectivity index (χ3v) is 4.09. The minimum absolute atomic E-state index is 0.406. The second-order valence-corrected chi connectivity index (χ2v) is 5.18. The summed E-state index contributed by atoms with van der Waals surface area (Å²) in [6.45, 7) is 4.36. The highest BCUT2D eigenvalue weighted by molar-refractivity contribution is 5.03. The Morgan fingerprint density at radius 2 is 2.06 bits per heavy atom. The molecule has 4 nitrogen and oxygen atoms in total. The highest BCUT2D eigenvalue weighted by atomic mass is 16.5. The average molecular weight is 221 g/mol. The fourth-order valence-corrected chi connectivity index (χ4v) is 2.65. The van der Waals surface area contributed by atoms with E-state index >= 15 is 0 Å². The van der Waals surface area contributed by atoms with E-state index in [2.05, 4.69) is 22.4 Å². The summed E-state index contributed by atoms with van der Waals surface area (Å²) in [6.07, 6.45) is 5.10. The molecular formula is C12H19N3O. The molecule has 1 aromatic heterocycles. The number of aromatic nitrogens is 2. The van der Waals surface area contributed by atoms with Gasteiger partial charge in [-0.05, 0) is 31.8 Å². The smallest absolute Gasteiger partial charge is 0.229 e. The number of hydrogen-bond acceptors (Lipinski definition) is 4. The molecule has 0 spiro atoms. The van der Waals surface area contributed by atoms with Crippen LogP contribution in [0.1, 0.15) is 56.2 Å². The van der Waals surface area contributed by atoms with Crippen LogP contribution in [0.25, 0.3) is 0 Å². The zero-order valence-electron chi connectivity index (χ0n) is 9.78. The van der Waals surface area contributed by atoms with Crippen molar-refractivity contribution < 1.29 is 4.52 Å². The van der Waals surface area contributed by atoms with Gasteiger partial charge in [0, 0.05) is 11.8 Å². The summed E-state index contributed by atoms with van der Waals surface area (Å²) in [5, 5.41) is 7.44. The Morgan fingerprint density at radius 1 is 1.31 bits per heavy atom. The summed E-state index contributed by atoms with van der Waals surface area (Å²) in [7, 11) is 0. The Morgan fingerprint density at radius 3 is 2.69 bits per heavy atom. The third kappa shape index (κ3) is 1.75. The van der Waals surface area contributed by atoms with Crippen LogP contribution in [0.3, 0.4) is 0 Å². The largest absolute Gasteiger partial charge is 0.339 e. The molecule has 1 unspecified atom stereocenters. The predicted molar refractivity (Wildman–Crippen MR) is 60.3 cm³/mol. The van der Waals surface area contributed by atoms with Crippen LogP contribution in [0.2, 0.25) is 0 Å². The lowest BCUT2D eigenvalue weighted by molar-refractivity contribution is 0.252. The van der Waals surface area contributed by atoms with Crippen molar-refractivity contribution in [2.24, 2.45) is 5.92 Å². The SMILES string of the molecule is CC(c1nc(C2CCCC2)no1)C1CNC1. The Labute approximate surface area is 95.8 Å². The Bertz CT molecular complexity index is 353. The summed E-state index contributed by atoms with van der Waals surface area (Å²) in [5.41, 5.74) is 0. The fraction of sp³-hybridized carbons (Fsp3) is 0.833. The van der Waals surface area contributed by atoms with Gasteiger partial charge in [0.1, 0.15) is 0 Å². The highest BCUT2D eigenvalue weighted by Gasteiger charge is 2.30. The molecule has 1 aliphatic carbocycles. The van der Waals surface area contributed by atoms with Crippen molar-refractivity contribution in [3.8, 4) is 0 Å². The highest BCUT2D eigenvalue weighted by Crippen LogP contribution is 2.33. The first-order chi connectivity index (χ1) is 7.84. The minimum Gasteiger partial charge on any atom is -0.339 e. The molecule has 88 valence electrons. The molecule has 1 N–H and O–H groups in total. The first-order valence-corrected chi connectivity index (χ1v) is 6.39. The van der Waals surface area contributed by atoms with Gasteiger partial charge in [0.15, 0.2) is 5.82 Å². The topological polar surface area (TPSA) is 51.0 Å². The molecule has 2 heterocycles. The van der Waals surface area contributed by atoms with E-state index < -0.39 is 0 Å². The van der Waals surface area contributed by atoms with Crippen molar-refractivity contribution in [1.29, 1.82) is 0 Å². The zero-order valence-corrected chi connectivity index (χ0v) is 9.78. The van der Waals surface area contributed by atoms with E-state index in [9.17, 15) is 0 Å². The third-order valence-electron chi connectivity index (χ3n) is 4.09. The van der Waals surface area contributed by atoms with Crippen molar-refractivity contribution in [3.63, 3.8) is 0 Å². The van der Waals surface area contributed by atoms with E-state index in [1.54, 1.807) is 0 Å². The van der Waals surface area contributed by atoms with E-state index in [0.29, 0.717) is 17.8 Å². The molecule has 2 fully saturated rings. The second kappa shape index (κ2) is 4.17. The lowest BCUT2D eigenvalue weighted by atomic mass is 9.89. The predicted octanol–water partition coefficient (Wildman–Crippen LogP) is 2.05. The van der Waals surface area contributed by atoms with Gasteiger partial charge in [-0.25, -0.2) is 0 Å². The average Bonchev–Trinajstić information content (AvgIpc) is 2.86. The summed E-state index contributed by atoms with van der Waals surface area (Å²) in [4.78, 5) is 4.59. The Balaban J connectivity index is 1.71. The number of nitrogens with one attached hydrogen (secondary N) is 1. The molecule has 0 aromatic carbocycles. The van der Waals surface area contributed by atoms with Gasteiger partial charge in [0.25, 0.3) is 0 Å². The van der Waals surface area contributed by atoms with Gasteiger partial charge in [0.05, 0.1) is 0 Å². The molecule has 2 aliphatic rings. The normalized spacial score (nSPS) is 24.6. The molecule has 1 aromatic rings. The summed E-state index contributed by atoms with van der Waals surface area (Å²) >= 11 is 0. The van der Waals surface area contributed by atoms with Crippen LogP contribution in [0.15, 0.2) is 4.52 Å². The van der Waals surface area contributed by atoms with Gasteiger partial charge in [-0.2, -0.15) is 4.98 Å². The quantitative estimate of drug-likeness (QED) is 0.848. The fourth-order valence-electron chi connectivity index (χ4n) is 2.65. The molecule has 0 radical (unpaired) electrons. The van der Waals surface area contributed by atoms with Gasteiger partial charge in [-0.3, -0.25) is 0 Å². The van der Waals surface area contributed by atoms with Crippen LogP contribution in [0.4, 0.5) is 0 Å². The van der Waals surface area contributed by atoms with Gasteiger partial charge >= 0.3 is 0 Å². The summed E-state index contributed by atoms with van der Waals surface area (Å²) < 4.78 is 5.41. The standard InChI is InChI=1S/C12H19N3O/c1-8(10-6-13-7-10)12-14-11(15-16-12)9-4-2-3-5-9/h8-10,13H,2-7H2,1H3. The van der Waals surface area contributed by atoms with E-state index in [1.165, 1.54) is 25.7 Å². The zero-order chi connectivity index (χ0) is 11.0. The summed E-state index contributed by atoms with van der Waals surface area (Å²) in [5.74, 6) is 3.44.